The molecule has 2 aromatic rings. The summed E-state index contributed by atoms with van der Waals surface area (Å²) in [4.78, 5) is 10.3. The van der Waals surface area contributed by atoms with E-state index in [9.17, 15) is 9.18 Å². The van der Waals surface area contributed by atoms with E-state index in [4.69, 9.17) is 0 Å². The van der Waals surface area contributed by atoms with Crippen molar-refractivity contribution < 1.29 is 9.18 Å². The van der Waals surface area contributed by atoms with E-state index in [-0.39, 0.29) is 18.1 Å². The Bertz CT molecular complexity index is 481. The second kappa shape index (κ2) is 4.00. The number of rotatable bonds is 3. The van der Waals surface area contributed by atoms with Crippen LogP contribution in [0.4, 0.5) is 4.39 Å². The van der Waals surface area contributed by atoms with E-state index in [2.05, 4.69) is 10.3 Å². The molecule has 15 heavy (non-hydrogen) atoms. The fourth-order valence-corrected chi connectivity index (χ4v) is 1.25. The number of carbonyl (C=O) groups is 1. The molecule has 1 heterocycles. The first-order valence-electron chi connectivity index (χ1n) is 4.38. The van der Waals surface area contributed by atoms with Crippen LogP contribution in [0, 0.1) is 5.82 Å². The lowest BCUT2D eigenvalue weighted by atomic mass is 10.2. The Labute approximate surface area is 85.3 Å². The standard InChI is InChI=1S/C10H8FN3O/c11-10-4-2-1-3-8(10)5-14-6-9(7-15)12-13-14/h1-4,6-7H,5H2. The summed E-state index contributed by atoms with van der Waals surface area (Å²) in [7, 11) is 0. The largest absolute Gasteiger partial charge is 0.296 e. The number of aromatic nitrogens is 3. The minimum Gasteiger partial charge on any atom is -0.296 e. The first-order chi connectivity index (χ1) is 7.29. The molecule has 0 radical (unpaired) electrons. The first kappa shape index (κ1) is 9.51. The zero-order valence-corrected chi connectivity index (χ0v) is 7.80. The van der Waals surface area contributed by atoms with Crippen LogP contribution in [0.15, 0.2) is 30.5 Å². The van der Waals surface area contributed by atoms with Gasteiger partial charge in [-0.1, -0.05) is 23.4 Å². The molecule has 0 aliphatic carbocycles. The molecule has 0 spiro atoms. The van der Waals surface area contributed by atoms with Crippen molar-refractivity contribution in [1.82, 2.24) is 15.0 Å². The quantitative estimate of drug-likeness (QED) is 0.709. The van der Waals surface area contributed by atoms with Gasteiger partial charge in [-0.15, -0.1) is 5.10 Å². The molecule has 1 aromatic carbocycles. The average molecular weight is 205 g/mol. The fourth-order valence-electron chi connectivity index (χ4n) is 1.25. The van der Waals surface area contributed by atoms with Crippen LogP contribution in [0.2, 0.25) is 0 Å². The smallest absolute Gasteiger partial charge is 0.171 e. The lowest BCUT2D eigenvalue weighted by Crippen LogP contribution is -2.02. The molecule has 5 heteroatoms. The number of hydrogen-bond donors (Lipinski definition) is 0. The van der Waals surface area contributed by atoms with Crippen LogP contribution in [0.25, 0.3) is 0 Å². The van der Waals surface area contributed by atoms with Gasteiger partial charge in [0.2, 0.25) is 0 Å². The second-order valence-electron chi connectivity index (χ2n) is 3.05. The zero-order chi connectivity index (χ0) is 10.7. The van der Waals surface area contributed by atoms with Crippen LogP contribution in [-0.4, -0.2) is 21.3 Å². The SMILES string of the molecule is O=Cc1cn(Cc2ccccc2F)nn1. The molecule has 2 rings (SSSR count). The van der Waals surface area contributed by atoms with Gasteiger partial charge in [-0.3, -0.25) is 4.79 Å². The minimum absolute atomic E-state index is 0.242. The number of halogens is 1. The van der Waals surface area contributed by atoms with E-state index in [1.54, 1.807) is 18.2 Å². The highest BCUT2D eigenvalue weighted by atomic mass is 19.1. The average Bonchev–Trinajstić information content (AvgIpc) is 2.69. The lowest BCUT2D eigenvalue weighted by Gasteiger charge is -2.01. The highest BCUT2D eigenvalue weighted by Gasteiger charge is 2.03. The normalized spacial score (nSPS) is 10.2. The van der Waals surface area contributed by atoms with Crippen molar-refractivity contribution in [2.24, 2.45) is 0 Å². The van der Waals surface area contributed by atoms with Crippen molar-refractivity contribution in [1.29, 1.82) is 0 Å². The van der Waals surface area contributed by atoms with E-state index < -0.39 is 0 Å². The molecule has 0 fully saturated rings. The Kier molecular flexibility index (Phi) is 2.53. The van der Waals surface area contributed by atoms with Crippen molar-refractivity contribution in [3.05, 3.63) is 47.5 Å². The number of carbonyl (C=O) groups excluding carboxylic acids is 1. The molecule has 76 valence electrons. The maximum Gasteiger partial charge on any atom is 0.171 e. The maximum atomic E-state index is 13.2. The Morgan fingerprint density at radius 1 is 1.40 bits per heavy atom. The summed E-state index contributed by atoms with van der Waals surface area (Å²) in [5, 5.41) is 7.28. The highest BCUT2D eigenvalue weighted by Crippen LogP contribution is 2.07. The third-order valence-electron chi connectivity index (χ3n) is 1.97. The van der Waals surface area contributed by atoms with E-state index in [0.717, 1.165) is 0 Å². The maximum absolute atomic E-state index is 13.2. The molecular weight excluding hydrogens is 197 g/mol. The van der Waals surface area contributed by atoms with Crippen LogP contribution >= 0.6 is 0 Å². The van der Waals surface area contributed by atoms with Gasteiger partial charge in [0.05, 0.1) is 12.7 Å². The van der Waals surface area contributed by atoms with E-state index >= 15 is 0 Å². The van der Waals surface area contributed by atoms with Crippen LogP contribution in [-0.2, 0) is 6.54 Å². The number of benzene rings is 1. The molecule has 0 N–H and O–H groups in total. The van der Waals surface area contributed by atoms with Crippen LogP contribution < -0.4 is 0 Å². The van der Waals surface area contributed by atoms with Gasteiger partial charge in [0.25, 0.3) is 0 Å². The van der Waals surface area contributed by atoms with Gasteiger partial charge in [0.15, 0.2) is 6.29 Å². The van der Waals surface area contributed by atoms with Gasteiger partial charge in [0, 0.05) is 5.56 Å². The molecule has 0 aliphatic heterocycles. The van der Waals surface area contributed by atoms with Crippen molar-refractivity contribution in [3.63, 3.8) is 0 Å². The minimum atomic E-state index is -0.291. The number of aldehydes is 1. The van der Waals surface area contributed by atoms with Crippen LogP contribution in [0.3, 0.4) is 0 Å². The zero-order valence-electron chi connectivity index (χ0n) is 7.80. The predicted octanol–water partition coefficient (Wildman–Crippen LogP) is 1.28. The van der Waals surface area contributed by atoms with Crippen LogP contribution in [0.1, 0.15) is 16.1 Å². The summed E-state index contributed by atoms with van der Waals surface area (Å²) >= 11 is 0. The Balaban J connectivity index is 2.22. The molecule has 0 unspecified atom stereocenters. The van der Waals surface area contributed by atoms with E-state index in [0.29, 0.717) is 11.8 Å². The third-order valence-corrected chi connectivity index (χ3v) is 1.97. The summed E-state index contributed by atoms with van der Waals surface area (Å²) in [6, 6.07) is 6.41. The predicted molar refractivity (Wildman–Crippen MR) is 50.9 cm³/mol. The van der Waals surface area contributed by atoms with E-state index in [1.807, 2.05) is 0 Å². The summed E-state index contributed by atoms with van der Waals surface area (Å²) < 4.78 is 14.7. The molecule has 1 aromatic heterocycles. The summed E-state index contributed by atoms with van der Waals surface area (Å²) in [5.41, 5.74) is 0.756. The number of hydrogen-bond acceptors (Lipinski definition) is 3. The topological polar surface area (TPSA) is 47.8 Å². The summed E-state index contributed by atoms with van der Waals surface area (Å²) in [5.74, 6) is -0.291. The molecule has 0 atom stereocenters. The highest BCUT2D eigenvalue weighted by molar-refractivity contribution is 5.70. The molecule has 0 saturated heterocycles. The van der Waals surface area contributed by atoms with Crippen molar-refractivity contribution in [2.75, 3.05) is 0 Å². The Morgan fingerprint density at radius 2 is 2.20 bits per heavy atom. The van der Waals surface area contributed by atoms with Gasteiger partial charge < -0.3 is 0 Å². The molecule has 0 bridgehead atoms. The van der Waals surface area contributed by atoms with Gasteiger partial charge in [0.1, 0.15) is 11.5 Å². The van der Waals surface area contributed by atoms with Gasteiger partial charge in [-0.2, -0.15) is 0 Å². The van der Waals surface area contributed by atoms with Crippen molar-refractivity contribution in [2.45, 2.75) is 6.54 Å². The lowest BCUT2D eigenvalue weighted by molar-refractivity contribution is 0.111. The molecular formula is C10H8FN3O. The first-order valence-corrected chi connectivity index (χ1v) is 4.38. The molecule has 4 nitrogen and oxygen atoms in total. The van der Waals surface area contributed by atoms with Crippen LogP contribution in [0.5, 0.6) is 0 Å². The van der Waals surface area contributed by atoms with Crippen molar-refractivity contribution >= 4 is 6.29 Å². The molecule has 0 amide bonds. The summed E-state index contributed by atoms with van der Waals surface area (Å²) in [6.07, 6.45) is 2.07. The fraction of sp³-hybridized carbons (Fsp3) is 0.100. The van der Waals surface area contributed by atoms with Gasteiger partial charge in [-0.25, -0.2) is 9.07 Å². The van der Waals surface area contributed by atoms with Gasteiger partial charge in [-0.05, 0) is 6.07 Å². The molecule has 0 aliphatic rings. The third kappa shape index (κ3) is 2.07. The number of nitrogens with zero attached hydrogens (tertiary/aromatic N) is 3. The van der Waals surface area contributed by atoms with Crippen molar-refractivity contribution in [3.8, 4) is 0 Å². The Morgan fingerprint density at radius 3 is 2.87 bits per heavy atom. The molecule has 0 saturated carbocycles. The Hall–Kier alpha value is -2.04. The monoisotopic (exact) mass is 205 g/mol. The van der Waals surface area contributed by atoms with Gasteiger partial charge >= 0.3 is 0 Å². The summed E-state index contributed by atoms with van der Waals surface area (Å²) in [6.45, 7) is 0.271. The van der Waals surface area contributed by atoms with E-state index in [1.165, 1.54) is 16.9 Å². The second-order valence-corrected chi connectivity index (χ2v) is 3.05.